The number of ether oxygens (including phenoxy) is 2. The molecule has 1 aromatic rings. The Hall–Kier alpha value is -2.93. The van der Waals surface area contributed by atoms with E-state index < -0.39 is 36.2 Å². The second-order valence-electron chi connectivity index (χ2n) is 6.25. The van der Waals surface area contributed by atoms with Crippen LogP contribution in [0.1, 0.15) is 0 Å². The number of aryl methyl sites for hydroxylation is 1. The first-order valence-electron chi connectivity index (χ1n) is 8.26. The number of nitrogens with zero attached hydrogens (tertiary/aromatic N) is 6. The molecule has 0 aliphatic carbocycles. The largest absolute Gasteiger partial charge is 0.477 e. The molecule has 0 radical (unpaired) electrons. The van der Waals surface area contributed by atoms with Crippen molar-refractivity contribution in [3.8, 4) is 0 Å². The Morgan fingerprint density at radius 3 is 2.93 bits per heavy atom. The van der Waals surface area contributed by atoms with Gasteiger partial charge in [-0.2, -0.15) is 0 Å². The molecule has 1 N–H and O–H groups in total. The lowest BCUT2D eigenvalue weighted by atomic mass is 9.89. The SMILES string of the molecule is C=CCOC(=O)N1COC2C(CSc3nnnn3C)=C(C(=O)O)N3C(=O)[C@@H]1[C@@H]23. The van der Waals surface area contributed by atoms with Crippen molar-refractivity contribution < 1.29 is 29.0 Å². The van der Waals surface area contributed by atoms with Gasteiger partial charge in [-0.05, 0) is 10.4 Å². The third-order valence-electron chi connectivity index (χ3n) is 4.74. The Labute approximate surface area is 162 Å². The normalized spacial score (nSPS) is 25.5. The van der Waals surface area contributed by atoms with Crippen LogP contribution in [0.3, 0.4) is 0 Å². The van der Waals surface area contributed by atoms with Gasteiger partial charge in [-0.3, -0.25) is 14.6 Å². The first-order valence-corrected chi connectivity index (χ1v) is 9.24. The van der Waals surface area contributed by atoms with Crippen molar-refractivity contribution in [2.24, 2.45) is 7.05 Å². The number of carboxylic acid groups (broad SMARTS) is 1. The number of carbonyl (C=O) groups is 3. The van der Waals surface area contributed by atoms with E-state index in [0.717, 1.165) is 0 Å². The van der Waals surface area contributed by atoms with Crippen molar-refractivity contribution in [2.75, 3.05) is 19.1 Å². The van der Waals surface area contributed by atoms with Crippen LogP contribution in [0.15, 0.2) is 29.1 Å². The number of tetrazole rings is 1. The van der Waals surface area contributed by atoms with Crippen LogP contribution in [-0.2, 0) is 26.1 Å². The van der Waals surface area contributed by atoms with E-state index in [4.69, 9.17) is 9.47 Å². The number of amides is 2. The summed E-state index contributed by atoms with van der Waals surface area (Å²) >= 11 is 1.24. The maximum absolute atomic E-state index is 12.6. The smallest absolute Gasteiger partial charge is 0.412 e. The molecule has 1 unspecified atom stereocenters. The Kier molecular flexibility index (Phi) is 4.55. The van der Waals surface area contributed by atoms with Crippen LogP contribution in [0.25, 0.3) is 0 Å². The average Bonchev–Trinajstić information content (AvgIpc) is 3.22. The minimum atomic E-state index is -1.22. The van der Waals surface area contributed by atoms with E-state index >= 15 is 0 Å². The molecule has 0 saturated carbocycles. The highest BCUT2D eigenvalue weighted by molar-refractivity contribution is 7.99. The predicted molar refractivity (Wildman–Crippen MR) is 91.7 cm³/mol. The highest BCUT2D eigenvalue weighted by atomic mass is 32.2. The summed E-state index contributed by atoms with van der Waals surface area (Å²) in [5.74, 6) is -1.46. The molecule has 1 aromatic heterocycles. The lowest BCUT2D eigenvalue weighted by Gasteiger charge is -2.52. The molecule has 28 heavy (non-hydrogen) atoms. The van der Waals surface area contributed by atoms with Gasteiger partial charge in [0.1, 0.15) is 31.2 Å². The van der Waals surface area contributed by atoms with E-state index in [1.54, 1.807) is 7.05 Å². The standard InChI is InChI=1S/C15H16N6O6S/c1-3-4-26-15(25)20-6-27-11-7(5-28-14-16-17-18-19(14)2)8(13(23)24)21-9(11)10(20)12(21)22/h3,9-11H,1,4-6H2,2H3,(H,23,24)/t9-,10-,11?/m0/s1. The molecule has 3 aliphatic heterocycles. The van der Waals surface area contributed by atoms with Gasteiger partial charge in [-0.25, -0.2) is 14.3 Å². The van der Waals surface area contributed by atoms with Crippen molar-refractivity contribution in [1.29, 1.82) is 0 Å². The van der Waals surface area contributed by atoms with Crippen molar-refractivity contribution in [1.82, 2.24) is 30.0 Å². The summed E-state index contributed by atoms with van der Waals surface area (Å²) in [5, 5.41) is 21.3. The van der Waals surface area contributed by atoms with E-state index in [1.807, 2.05) is 0 Å². The third-order valence-corrected chi connectivity index (χ3v) is 5.80. The summed E-state index contributed by atoms with van der Waals surface area (Å²) in [7, 11) is 1.67. The number of rotatable bonds is 6. The van der Waals surface area contributed by atoms with E-state index in [9.17, 15) is 19.5 Å². The van der Waals surface area contributed by atoms with E-state index in [0.29, 0.717) is 10.7 Å². The zero-order valence-electron chi connectivity index (χ0n) is 14.7. The minimum Gasteiger partial charge on any atom is -0.477 e. The van der Waals surface area contributed by atoms with Crippen LogP contribution in [0, 0.1) is 0 Å². The summed E-state index contributed by atoms with van der Waals surface area (Å²) in [6.07, 6.45) is 0.0867. The molecule has 4 heterocycles. The Bertz CT molecular complexity index is 899. The van der Waals surface area contributed by atoms with Gasteiger partial charge in [0.15, 0.2) is 0 Å². The van der Waals surface area contributed by atoms with E-state index in [-0.39, 0.29) is 24.8 Å². The summed E-state index contributed by atoms with van der Waals surface area (Å²) < 4.78 is 12.2. The second kappa shape index (κ2) is 6.91. The van der Waals surface area contributed by atoms with Gasteiger partial charge in [0.05, 0.1) is 6.04 Å². The highest BCUT2D eigenvalue weighted by Gasteiger charge is 2.65. The minimum absolute atomic E-state index is 0.000303. The number of carbonyl (C=O) groups excluding carboxylic acids is 2. The fourth-order valence-electron chi connectivity index (χ4n) is 3.56. The van der Waals surface area contributed by atoms with E-state index in [2.05, 4.69) is 22.1 Å². The fourth-order valence-corrected chi connectivity index (χ4v) is 4.47. The van der Waals surface area contributed by atoms with Crippen LogP contribution in [0.2, 0.25) is 0 Å². The zero-order valence-corrected chi connectivity index (χ0v) is 15.5. The van der Waals surface area contributed by atoms with Crippen LogP contribution in [-0.4, -0.2) is 90.4 Å². The summed E-state index contributed by atoms with van der Waals surface area (Å²) in [6.45, 7) is 3.30. The van der Waals surface area contributed by atoms with E-state index in [1.165, 1.54) is 32.3 Å². The predicted octanol–water partition coefficient (Wildman–Crippen LogP) is -0.785. The highest BCUT2D eigenvalue weighted by Crippen LogP contribution is 2.46. The van der Waals surface area contributed by atoms with Gasteiger partial charge in [0.2, 0.25) is 5.16 Å². The maximum atomic E-state index is 12.6. The Balaban J connectivity index is 1.57. The number of thioether (sulfide) groups is 1. The van der Waals surface area contributed by atoms with Gasteiger partial charge >= 0.3 is 12.1 Å². The molecule has 3 aliphatic rings. The second-order valence-corrected chi connectivity index (χ2v) is 7.19. The molecule has 3 atom stereocenters. The van der Waals surface area contributed by atoms with Gasteiger partial charge < -0.3 is 14.6 Å². The molecule has 0 aromatic carbocycles. The molecule has 0 bridgehead atoms. The number of aromatic nitrogens is 4. The molecule has 148 valence electrons. The maximum Gasteiger partial charge on any atom is 0.412 e. The quantitative estimate of drug-likeness (QED) is 0.362. The van der Waals surface area contributed by atoms with Gasteiger partial charge in [0, 0.05) is 18.4 Å². The molecule has 12 nitrogen and oxygen atoms in total. The molecule has 2 amide bonds. The lowest BCUT2D eigenvalue weighted by molar-refractivity contribution is -0.182. The number of aliphatic carboxylic acids is 1. The van der Waals surface area contributed by atoms with Crippen LogP contribution in [0.5, 0.6) is 0 Å². The van der Waals surface area contributed by atoms with Crippen LogP contribution >= 0.6 is 11.8 Å². The third kappa shape index (κ3) is 2.65. The van der Waals surface area contributed by atoms with Crippen molar-refractivity contribution >= 4 is 29.7 Å². The topological polar surface area (TPSA) is 140 Å². The Morgan fingerprint density at radius 2 is 2.29 bits per heavy atom. The summed E-state index contributed by atoms with van der Waals surface area (Å²) in [4.78, 5) is 39.0. The molecule has 2 fully saturated rings. The molecule has 2 saturated heterocycles. The van der Waals surface area contributed by atoms with Gasteiger partial charge in [-0.15, -0.1) is 5.10 Å². The Morgan fingerprint density at radius 1 is 1.50 bits per heavy atom. The van der Waals surface area contributed by atoms with Crippen molar-refractivity contribution in [2.45, 2.75) is 23.3 Å². The number of β-lactam (4-membered cyclic amide) rings is 1. The van der Waals surface area contributed by atoms with Crippen LogP contribution < -0.4 is 0 Å². The molecular formula is C15H16N6O6S. The lowest BCUT2D eigenvalue weighted by Crippen LogP contribution is -2.75. The summed E-state index contributed by atoms with van der Waals surface area (Å²) in [5.41, 5.74) is 0.348. The van der Waals surface area contributed by atoms with Gasteiger partial charge in [0.25, 0.3) is 5.91 Å². The van der Waals surface area contributed by atoms with Gasteiger partial charge in [-0.1, -0.05) is 24.4 Å². The molecule has 0 spiro atoms. The van der Waals surface area contributed by atoms with Crippen molar-refractivity contribution in [3.63, 3.8) is 0 Å². The average molecular weight is 408 g/mol. The molecule has 13 heteroatoms. The number of hydrogen-bond donors (Lipinski definition) is 1. The van der Waals surface area contributed by atoms with Crippen molar-refractivity contribution in [3.05, 3.63) is 23.9 Å². The molecular weight excluding hydrogens is 392 g/mol. The molecule has 4 rings (SSSR count). The monoisotopic (exact) mass is 408 g/mol. The number of carboxylic acids is 1. The summed E-state index contributed by atoms with van der Waals surface area (Å²) in [6, 6.07) is -1.40. The van der Waals surface area contributed by atoms with Crippen LogP contribution in [0.4, 0.5) is 4.79 Å². The first-order chi connectivity index (χ1) is 13.5. The number of hydrogen-bond acceptors (Lipinski definition) is 9. The fraction of sp³-hybridized carbons (Fsp3) is 0.467. The first kappa shape index (κ1) is 18.4. The zero-order chi connectivity index (χ0) is 20.0.